The van der Waals surface area contributed by atoms with Crippen LogP contribution >= 0.6 is 0 Å². The summed E-state index contributed by atoms with van der Waals surface area (Å²) >= 11 is 0. The summed E-state index contributed by atoms with van der Waals surface area (Å²) in [6, 6.07) is 7.25. The van der Waals surface area contributed by atoms with Crippen molar-refractivity contribution in [2.75, 3.05) is 48.5 Å². The number of likely N-dealkylation sites (tertiary alicyclic amines) is 1. The average molecular weight is 811 g/mol. The van der Waals surface area contributed by atoms with Gasteiger partial charge in [-0.15, -0.1) is 0 Å². The molecule has 1 aliphatic rings. The van der Waals surface area contributed by atoms with Crippen LogP contribution in [0, 0.1) is 29.6 Å². The molecule has 0 saturated carbocycles. The van der Waals surface area contributed by atoms with Crippen molar-refractivity contribution in [3.63, 3.8) is 0 Å². The van der Waals surface area contributed by atoms with Crippen molar-refractivity contribution in [3.05, 3.63) is 60.7 Å². The summed E-state index contributed by atoms with van der Waals surface area (Å²) in [6.07, 6.45) is 2.86. The van der Waals surface area contributed by atoms with Crippen molar-refractivity contribution < 1.29 is 38.2 Å². The largest absolute Gasteiger partial charge is 0.467 e. The van der Waals surface area contributed by atoms with Crippen LogP contribution in [0.25, 0.3) is 0 Å². The molecule has 3 amide bonds. The molecular formula is C46H74N4O8. The molecule has 1 aromatic rings. The highest BCUT2D eigenvalue weighted by Gasteiger charge is 2.43. The highest BCUT2D eigenvalue weighted by molar-refractivity contribution is 5.90. The summed E-state index contributed by atoms with van der Waals surface area (Å²) in [7, 11) is 8.05. The summed E-state index contributed by atoms with van der Waals surface area (Å²) < 4.78 is 17.0. The van der Waals surface area contributed by atoms with Crippen LogP contribution in [-0.4, -0.2) is 129 Å². The van der Waals surface area contributed by atoms with Crippen molar-refractivity contribution in [2.24, 2.45) is 29.6 Å². The van der Waals surface area contributed by atoms with Gasteiger partial charge in [0.25, 0.3) is 0 Å². The van der Waals surface area contributed by atoms with Crippen LogP contribution < -0.4 is 5.32 Å². The first-order valence-corrected chi connectivity index (χ1v) is 21.0. The maximum Gasteiger partial charge on any atom is 0.328 e. The van der Waals surface area contributed by atoms with E-state index in [1.54, 1.807) is 37.0 Å². The fraction of sp³-hybridized carbons (Fsp3) is 0.674. The quantitative estimate of drug-likeness (QED) is 0.0970. The number of nitrogens with one attached hydrogen (secondary N) is 1. The third-order valence-electron chi connectivity index (χ3n) is 12.1. The van der Waals surface area contributed by atoms with Gasteiger partial charge in [0.1, 0.15) is 6.04 Å². The molecule has 1 aliphatic heterocycles. The zero-order valence-corrected chi connectivity index (χ0v) is 37.5. The fourth-order valence-electron chi connectivity index (χ4n) is 8.61. The number of amides is 3. The SMILES string of the molecule is C=CC(=C)CN(C)[C@H](C(=O)C[C@H](C(=O)N(C)[C@@H]([C@@H](C)CC)[C@@H](CC(=O)N1CCC[C@H]1[C@H](OC)[C@@H](C)C(=O)N[C@@H](Cc1ccccc1)C(=O)OC)OC)C(C)C)C(C)C. The number of ether oxygens (including phenoxy) is 3. The van der Waals surface area contributed by atoms with Crippen LogP contribution in [-0.2, 0) is 44.6 Å². The molecule has 12 nitrogen and oxygen atoms in total. The van der Waals surface area contributed by atoms with E-state index >= 15 is 0 Å². The molecule has 1 saturated heterocycles. The Morgan fingerprint density at radius 1 is 0.948 bits per heavy atom. The Hall–Kier alpha value is -3.87. The Kier molecular flexibility index (Phi) is 21.0. The number of Topliss-reactive ketones (excluding diaryl/α,β-unsaturated/α-hetero) is 1. The van der Waals surface area contributed by atoms with Crippen molar-refractivity contribution in [2.45, 2.75) is 123 Å². The molecule has 2 rings (SSSR count). The van der Waals surface area contributed by atoms with Crippen molar-refractivity contribution in [3.8, 4) is 0 Å². The van der Waals surface area contributed by atoms with Crippen LogP contribution in [0.1, 0.15) is 86.1 Å². The first-order valence-electron chi connectivity index (χ1n) is 21.0. The number of carbonyl (C=O) groups is 5. The number of methoxy groups -OCH3 is 3. The monoisotopic (exact) mass is 811 g/mol. The van der Waals surface area contributed by atoms with Gasteiger partial charge in [-0.1, -0.05) is 104 Å². The van der Waals surface area contributed by atoms with E-state index in [0.717, 1.165) is 24.0 Å². The predicted octanol–water partition coefficient (Wildman–Crippen LogP) is 5.74. The second-order valence-electron chi connectivity index (χ2n) is 16.9. The smallest absolute Gasteiger partial charge is 0.328 e. The summed E-state index contributed by atoms with van der Waals surface area (Å²) in [6.45, 7) is 22.6. The summed E-state index contributed by atoms with van der Waals surface area (Å²) in [5.74, 6) is -2.63. The standard InChI is InChI=1S/C46H74N4O8/c1-15-31(7)28-48(10)41(30(5)6)38(51)26-35(29(3)4)45(54)49(11)42(32(8)16-2)39(56-12)27-40(52)50-24-20-23-37(50)43(57-13)33(9)44(53)47-36(46(55)58-14)25-34-21-18-17-19-22-34/h15,17-19,21-22,29-30,32-33,35-37,39,41-43H,1,7,16,20,23-28H2,2-6,8-14H3,(H,47,53)/t32-,33+,35-,36-,37-,39+,41-,42-,43+/m0/s1. The third-order valence-corrected chi connectivity index (χ3v) is 12.1. The number of ketones is 1. The summed E-state index contributed by atoms with van der Waals surface area (Å²) in [5, 5.41) is 2.87. The molecule has 0 radical (unpaired) electrons. The molecule has 12 heteroatoms. The molecule has 9 atom stereocenters. The first kappa shape index (κ1) is 50.3. The number of likely N-dealkylation sites (N-methyl/N-ethyl adjacent to an activating group) is 2. The molecule has 0 spiro atoms. The molecule has 58 heavy (non-hydrogen) atoms. The van der Waals surface area contributed by atoms with Crippen molar-refractivity contribution in [1.29, 1.82) is 0 Å². The highest BCUT2D eigenvalue weighted by Crippen LogP contribution is 2.31. The number of rotatable bonds is 25. The number of hydrogen-bond acceptors (Lipinski definition) is 9. The fourth-order valence-corrected chi connectivity index (χ4v) is 8.61. The van der Waals surface area contributed by atoms with Crippen LogP contribution in [0.5, 0.6) is 0 Å². The van der Waals surface area contributed by atoms with Gasteiger partial charge in [-0.05, 0) is 48.8 Å². The molecular weight excluding hydrogens is 737 g/mol. The van der Waals surface area contributed by atoms with Crippen LogP contribution in [0.4, 0.5) is 0 Å². The zero-order valence-electron chi connectivity index (χ0n) is 37.5. The van der Waals surface area contributed by atoms with Crippen molar-refractivity contribution >= 4 is 29.5 Å². The molecule has 0 aliphatic carbocycles. The van der Waals surface area contributed by atoms with Gasteiger partial charge in [-0.2, -0.15) is 0 Å². The van der Waals surface area contributed by atoms with Crippen LogP contribution in [0.3, 0.4) is 0 Å². The zero-order chi connectivity index (χ0) is 43.9. The number of carbonyl (C=O) groups excluding carboxylic acids is 5. The van der Waals surface area contributed by atoms with Gasteiger partial charge in [0, 0.05) is 53.1 Å². The molecule has 1 N–H and O–H groups in total. The maximum atomic E-state index is 14.5. The van der Waals surface area contributed by atoms with E-state index in [4.69, 9.17) is 14.2 Å². The van der Waals surface area contributed by atoms with E-state index in [1.165, 1.54) is 14.2 Å². The van der Waals surface area contributed by atoms with E-state index in [1.807, 2.05) is 76.9 Å². The van der Waals surface area contributed by atoms with E-state index in [9.17, 15) is 24.0 Å². The lowest BCUT2D eigenvalue weighted by atomic mass is 9.83. The minimum Gasteiger partial charge on any atom is -0.467 e. The van der Waals surface area contributed by atoms with Gasteiger partial charge in [0.2, 0.25) is 17.7 Å². The highest BCUT2D eigenvalue weighted by atomic mass is 16.5. The predicted molar refractivity (Wildman–Crippen MR) is 229 cm³/mol. The van der Waals surface area contributed by atoms with Gasteiger partial charge < -0.3 is 29.3 Å². The normalized spacial score (nSPS) is 18.5. The Morgan fingerprint density at radius 2 is 1.59 bits per heavy atom. The second-order valence-corrected chi connectivity index (χ2v) is 16.9. The van der Waals surface area contributed by atoms with E-state index < -0.39 is 54.2 Å². The molecule has 0 aromatic heterocycles. The van der Waals surface area contributed by atoms with Gasteiger partial charge >= 0.3 is 5.97 Å². The Bertz CT molecular complexity index is 1520. The Labute approximate surface area is 349 Å². The molecule has 326 valence electrons. The minimum absolute atomic E-state index is 0.000987. The van der Waals surface area contributed by atoms with E-state index in [-0.39, 0.29) is 60.5 Å². The minimum atomic E-state index is -0.894. The second kappa shape index (κ2) is 24.3. The lowest BCUT2D eigenvalue weighted by Gasteiger charge is -2.41. The van der Waals surface area contributed by atoms with Gasteiger partial charge in [-0.25, -0.2) is 4.79 Å². The van der Waals surface area contributed by atoms with Crippen LogP contribution in [0.15, 0.2) is 55.1 Å². The molecule has 1 heterocycles. The molecule has 1 fully saturated rings. The van der Waals surface area contributed by atoms with E-state index in [2.05, 4.69) is 25.4 Å². The van der Waals surface area contributed by atoms with Gasteiger partial charge in [0.05, 0.1) is 49.8 Å². The topological polar surface area (TPSA) is 135 Å². The third kappa shape index (κ3) is 13.6. The Balaban J connectivity index is 2.30. The molecule has 1 aromatic carbocycles. The number of benzene rings is 1. The molecule has 0 unspecified atom stereocenters. The van der Waals surface area contributed by atoms with Gasteiger partial charge in [-0.3, -0.25) is 24.1 Å². The average Bonchev–Trinajstić information content (AvgIpc) is 3.68. The lowest BCUT2D eigenvalue weighted by molar-refractivity contribution is -0.150. The van der Waals surface area contributed by atoms with Crippen LogP contribution in [0.2, 0.25) is 0 Å². The van der Waals surface area contributed by atoms with Crippen molar-refractivity contribution in [1.82, 2.24) is 20.0 Å². The molecule has 0 bridgehead atoms. The maximum absolute atomic E-state index is 14.5. The Morgan fingerprint density at radius 3 is 2.10 bits per heavy atom. The first-order chi connectivity index (χ1) is 27.4. The lowest BCUT2D eigenvalue weighted by Crippen LogP contribution is -2.55. The summed E-state index contributed by atoms with van der Waals surface area (Å²) in [5.41, 5.74) is 1.69. The number of esters is 1. The summed E-state index contributed by atoms with van der Waals surface area (Å²) in [4.78, 5) is 74.6. The van der Waals surface area contributed by atoms with E-state index in [0.29, 0.717) is 19.5 Å². The number of hydrogen-bond donors (Lipinski definition) is 1. The number of nitrogens with zero attached hydrogens (tertiary/aromatic N) is 3. The van der Waals surface area contributed by atoms with Gasteiger partial charge in [0.15, 0.2) is 5.78 Å².